The lowest BCUT2D eigenvalue weighted by Gasteiger charge is -2.12. The van der Waals surface area contributed by atoms with Crippen LogP contribution in [0.1, 0.15) is 52.4 Å². The minimum atomic E-state index is -0.815. The van der Waals surface area contributed by atoms with Gasteiger partial charge in [0.15, 0.2) is 0 Å². The molecule has 0 radical (unpaired) electrons. The molecule has 16 heavy (non-hydrogen) atoms. The normalized spacial score (nSPS) is 16.8. The summed E-state index contributed by atoms with van der Waals surface area (Å²) in [4.78, 5) is 11.4. The summed E-state index contributed by atoms with van der Waals surface area (Å²) in [7, 11) is 0. The smallest absolute Gasteiger partial charge is 0.133 e. The molecule has 4 nitrogen and oxygen atoms in total. The van der Waals surface area contributed by atoms with Crippen LogP contribution in [-0.2, 0) is 4.79 Å². The van der Waals surface area contributed by atoms with Crippen molar-refractivity contribution in [2.24, 2.45) is 0 Å². The first-order valence-electron chi connectivity index (χ1n) is 6.03. The van der Waals surface area contributed by atoms with E-state index in [0.717, 1.165) is 6.42 Å². The number of hydrogen-bond donors (Lipinski definition) is 3. The molecule has 3 unspecified atom stereocenters. The van der Waals surface area contributed by atoms with Gasteiger partial charge in [-0.25, -0.2) is 0 Å². The first-order chi connectivity index (χ1) is 7.47. The van der Waals surface area contributed by atoms with Gasteiger partial charge in [-0.2, -0.15) is 0 Å². The summed E-state index contributed by atoms with van der Waals surface area (Å²) >= 11 is 0. The monoisotopic (exact) mass is 232 g/mol. The van der Waals surface area contributed by atoms with E-state index in [1.807, 2.05) is 6.92 Å². The molecule has 0 aromatic heterocycles. The zero-order valence-corrected chi connectivity index (χ0v) is 10.2. The van der Waals surface area contributed by atoms with Crippen LogP contribution in [0, 0.1) is 0 Å². The SMILES string of the molecule is CCC(O)CCCC(=O)CCC(O)C(C)O. The third-order valence-electron chi connectivity index (χ3n) is 2.74. The van der Waals surface area contributed by atoms with E-state index in [1.54, 1.807) is 0 Å². The van der Waals surface area contributed by atoms with Crippen molar-refractivity contribution in [1.29, 1.82) is 0 Å². The summed E-state index contributed by atoms with van der Waals surface area (Å²) in [6, 6.07) is 0. The Labute approximate surface area is 97.3 Å². The highest BCUT2D eigenvalue weighted by molar-refractivity contribution is 5.78. The predicted molar refractivity (Wildman–Crippen MR) is 62.1 cm³/mol. The number of Topliss-reactive ketones (excluding diaryl/α,β-unsaturated/α-hetero) is 1. The predicted octanol–water partition coefficient (Wildman–Crippen LogP) is 1.02. The Hall–Kier alpha value is -0.450. The van der Waals surface area contributed by atoms with Crippen molar-refractivity contribution in [3.05, 3.63) is 0 Å². The van der Waals surface area contributed by atoms with Crippen molar-refractivity contribution >= 4 is 5.78 Å². The molecule has 0 bridgehead atoms. The van der Waals surface area contributed by atoms with Crippen LogP contribution in [0.25, 0.3) is 0 Å². The number of aliphatic hydroxyl groups excluding tert-OH is 3. The number of ketones is 1. The highest BCUT2D eigenvalue weighted by Crippen LogP contribution is 2.09. The van der Waals surface area contributed by atoms with Gasteiger partial charge in [0.2, 0.25) is 0 Å². The Bertz CT molecular complexity index is 191. The second kappa shape index (κ2) is 8.67. The van der Waals surface area contributed by atoms with E-state index < -0.39 is 12.2 Å². The van der Waals surface area contributed by atoms with Crippen molar-refractivity contribution in [3.8, 4) is 0 Å². The molecule has 0 rings (SSSR count). The van der Waals surface area contributed by atoms with E-state index in [0.29, 0.717) is 32.1 Å². The molecule has 96 valence electrons. The summed E-state index contributed by atoms with van der Waals surface area (Å²) in [6.45, 7) is 3.41. The van der Waals surface area contributed by atoms with Gasteiger partial charge >= 0.3 is 0 Å². The molecule has 3 atom stereocenters. The molecular weight excluding hydrogens is 208 g/mol. The van der Waals surface area contributed by atoms with Gasteiger partial charge in [0.05, 0.1) is 18.3 Å². The highest BCUT2D eigenvalue weighted by atomic mass is 16.3. The van der Waals surface area contributed by atoms with Crippen molar-refractivity contribution in [2.45, 2.75) is 70.7 Å². The van der Waals surface area contributed by atoms with Crippen LogP contribution in [0.5, 0.6) is 0 Å². The standard InChI is InChI=1S/C12H24O4/c1-3-10(14)5-4-6-11(15)7-8-12(16)9(2)13/h9-10,12-14,16H,3-8H2,1-2H3. The van der Waals surface area contributed by atoms with Crippen LogP contribution >= 0.6 is 0 Å². The summed E-state index contributed by atoms with van der Waals surface area (Å²) < 4.78 is 0. The molecule has 0 saturated heterocycles. The van der Waals surface area contributed by atoms with Gasteiger partial charge in [0.25, 0.3) is 0 Å². The van der Waals surface area contributed by atoms with Crippen LogP contribution in [0.15, 0.2) is 0 Å². The largest absolute Gasteiger partial charge is 0.393 e. The number of hydrogen-bond acceptors (Lipinski definition) is 4. The van der Waals surface area contributed by atoms with Crippen molar-refractivity contribution in [1.82, 2.24) is 0 Å². The average molecular weight is 232 g/mol. The maximum Gasteiger partial charge on any atom is 0.133 e. The molecule has 0 aliphatic heterocycles. The van der Waals surface area contributed by atoms with E-state index in [2.05, 4.69) is 0 Å². The quantitative estimate of drug-likeness (QED) is 0.554. The molecule has 0 heterocycles. The van der Waals surface area contributed by atoms with Crippen LogP contribution in [-0.4, -0.2) is 39.4 Å². The van der Waals surface area contributed by atoms with Crippen LogP contribution < -0.4 is 0 Å². The molecule has 4 heteroatoms. The van der Waals surface area contributed by atoms with E-state index in [9.17, 15) is 15.0 Å². The molecule has 3 N–H and O–H groups in total. The zero-order chi connectivity index (χ0) is 12.6. The van der Waals surface area contributed by atoms with E-state index in [1.165, 1.54) is 6.92 Å². The minimum absolute atomic E-state index is 0.0861. The number of aliphatic hydroxyl groups is 3. The van der Waals surface area contributed by atoms with Crippen molar-refractivity contribution in [2.75, 3.05) is 0 Å². The molecule has 0 aromatic carbocycles. The van der Waals surface area contributed by atoms with E-state index in [4.69, 9.17) is 5.11 Å². The molecular formula is C12H24O4. The Morgan fingerprint density at radius 2 is 1.75 bits per heavy atom. The first-order valence-corrected chi connectivity index (χ1v) is 6.03. The van der Waals surface area contributed by atoms with E-state index >= 15 is 0 Å². The van der Waals surface area contributed by atoms with Gasteiger partial charge in [-0.1, -0.05) is 6.92 Å². The Balaban J connectivity index is 3.52. The van der Waals surface area contributed by atoms with E-state index in [-0.39, 0.29) is 11.9 Å². The fraction of sp³-hybridized carbons (Fsp3) is 0.917. The van der Waals surface area contributed by atoms with Gasteiger partial charge < -0.3 is 15.3 Å². The second-order valence-electron chi connectivity index (χ2n) is 4.34. The topological polar surface area (TPSA) is 77.8 Å². The molecule has 0 amide bonds. The molecule has 0 fully saturated rings. The van der Waals surface area contributed by atoms with Crippen LogP contribution in [0.3, 0.4) is 0 Å². The van der Waals surface area contributed by atoms with Gasteiger partial charge in [0, 0.05) is 12.8 Å². The zero-order valence-electron chi connectivity index (χ0n) is 10.2. The lowest BCUT2D eigenvalue weighted by Crippen LogP contribution is -2.23. The lowest BCUT2D eigenvalue weighted by atomic mass is 10.0. The molecule has 0 saturated carbocycles. The summed E-state index contributed by atoms with van der Waals surface area (Å²) in [6.07, 6.45) is 1.22. The Kier molecular flexibility index (Phi) is 8.43. The maximum atomic E-state index is 11.4. The number of carbonyl (C=O) groups excluding carboxylic acids is 1. The Morgan fingerprint density at radius 1 is 1.12 bits per heavy atom. The number of carbonyl (C=O) groups is 1. The van der Waals surface area contributed by atoms with Crippen molar-refractivity contribution in [3.63, 3.8) is 0 Å². The molecule has 0 aliphatic rings. The van der Waals surface area contributed by atoms with Crippen LogP contribution in [0.2, 0.25) is 0 Å². The second-order valence-corrected chi connectivity index (χ2v) is 4.34. The van der Waals surface area contributed by atoms with Gasteiger partial charge in [-0.05, 0) is 32.6 Å². The molecule has 0 aliphatic carbocycles. The summed E-state index contributed by atoms with van der Waals surface area (Å²) in [5, 5.41) is 27.6. The lowest BCUT2D eigenvalue weighted by molar-refractivity contribution is -0.120. The van der Waals surface area contributed by atoms with Gasteiger partial charge in [-0.3, -0.25) is 4.79 Å². The molecule has 0 spiro atoms. The van der Waals surface area contributed by atoms with Crippen LogP contribution in [0.4, 0.5) is 0 Å². The highest BCUT2D eigenvalue weighted by Gasteiger charge is 2.13. The Morgan fingerprint density at radius 3 is 2.25 bits per heavy atom. The van der Waals surface area contributed by atoms with Crippen molar-refractivity contribution < 1.29 is 20.1 Å². The third kappa shape index (κ3) is 7.79. The van der Waals surface area contributed by atoms with Gasteiger partial charge in [-0.15, -0.1) is 0 Å². The number of rotatable bonds is 9. The molecule has 0 aromatic rings. The third-order valence-corrected chi connectivity index (χ3v) is 2.74. The fourth-order valence-corrected chi connectivity index (χ4v) is 1.41. The summed E-state index contributed by atoms with van der Waals surface area (Å²) in [5.74, 6) is 0.0861. The minimum Gasteiger partial charge on any atom is -0.393 e. The first kappa shape index (κ1) is 15.6. The van der Waals surface area contributed by atoms with Gasteiger partial charge in [0.1, 0.15) is 5.78 Å². The average Bonchev–Trinajstić information content (AvgIpc) is 2.25. The summed E-state index contributed by atoms with van der Waals surface area (Å²) in [5.41, 5.74) is 0. The fourth-order valence-electron chi connectivity index (χ4n) is 1.41. The maximum absolute atomic E-state index is 11.4.